The first-order valence-electron chi connectivity index (χ1n) is 9.11. The maximum absolute atomic E-state index is 12.3. The molecule has 0 spiro atoms. The first kappa shape index (κ1) is 17.5. The molecule has 0 radical (unpaired) electrons. The van der Waals surface area contributed by atoms with Gasteiger partial charge in [0.1, 0.15) is 18.0 Å². The number of aromatic nitrogens is 1. The van der Waals surface area contributed by atoms with E-state index < -0.39 is 0 Å². The first-order chi connectivity index (χ1) is 13.2. The Morgan fingerprint density at radius 3 is 2.56 bits per heavy atom. The average Bonchev–Trinajstić information content (AvgIpc) is 3.36. The van der Waals surface area contributed by atoms with Gasteiger partial charge >= 0.3 is 5.97 Å². The molecule has 1 aliphatic rings. The van der Waals surface area contributed by atoms with E-state index in [0.29, 0.717) is 25.4 Å². The fraction of sp³-hybridized carbons (Fsp3) is 0.273. The minimum atomic E-state index is -0.285. The molecule has 0 N–H and O–H groups in total. The third-order valence-corrected chi connectivity index (χ3v) is 5.05. The van der Waals surface area contributed by atoms with Crippen LogP contribution in [0, 0.1) is 0 Å². The van der Waals surface area contributed by atoms with E-state index in [2.05, 4.69) is 22.0 Å². The van der Waals surface area contributed by atoms with Crippen LogP contribution in [-0.4, -0.2) is 35.5 Å². The van der Waals surface area contributed by atoms with E-state index in [9.17, 15) is 4.79 Å². The number of hydrogen-bond donors (Lipinski definition) is 0. The molecular weight excluding hydrogens is 340 g/mol. The van der Waals surface area contributed by atoms with Crippen molar-refractivity contribution in [2.45, 2.75) is 24.9 Å². The molecule has 138 valence electrons. The molecule has 2 heterocycles. The van der Waals surface area contributed by atoms with Gasteiger partial charge in [0.25, 0.3) is 0 Å². The molecule has 1 aromatic heterocycles. The topological polar surface area (TPSA) is 55.6 Å². The number of methoxy groups -OCH3 is 1. The van der Waals surface area contributed by atoms with Gasteiger partial charge < -0.3 is 9.15 Å². The predicted molar refractivity (Wildman–Crippen MR) is 102 cm³/mol. The molecular formula is C22H22N2O3. The summed E-state index contributed by atoms with van der Waals surface area (Å²) < 4.78 is 10.8. The van der Waals surface area contributed by atoms with Crippen LogP contribution in [0.3, 0.4) is 0 Å². The molecule has 0 saturated carbocycles. The summed E-state index contributed by atoms with van der Waals surface area (Å²) in [5.74, 6) is 0.539. The summed E-state index contributed by atoms with van der Waals surface area (Å²) in [6.45, 7) is 1.41. The molecule has 2 aromatic carbocycles. The number of benzene rings is 2. The first-order valence-corrected chi connectivity index (χ1v) is 9.11. The Labute approximate surface area is 158 Å². The van der Waals surface area contributed by atoms with E-state index in [0.717, 1.165) is 11.3 Å². The van der Waals surface area contributed by atoms with Crippen LogP contribution in [0.2, 0.25) is 0 Å². The van der Waals surface area contributed by atoms with Gasteiger partial charge in [0.2, 0.25) is 0 Å². The Balaban J connectivity index is 1.54. The fourth-order valence-corrected chi connectivity index (χ4v) is 3.67. The van der Waals surface area contributed by atoms with Crippen molar-refractivity contribution in [2.24, 2.45) is 0 Å². The van der Waals surface area contributed by atoms with E-state index in [1.165, 1.54) is 12.7 Å². The maximum Gasteiger partial charge on any atom is 0.323 e. The summed E-state index contributed by atoms with van der Waals surface area (Å²) in [6, 6.07) is 19.8. The molecule has 1 aliphatic heterocycles. The van der Waals surface area contributed by atoms with Crippen molar-refractivity contribution >= 4 is 5.97 Å². The Morgan fingerprint density at radius 2 is 1.85 bits per heavy atom. The summed E-state index contributed by atoms with van der Waals surface area (Å²) >= 11 is 0. The lowest BCUT2D eigenvalue weighted by molar-refractivity contribution is -0.146. The highest BCUT2D eigenvalue weighted by molar-refractivity contribution is 5.76. The Hall–Kier alpha value is -2.92. The number of carbonyl (C=O) groups excluding carboxylic acids is 1. The number of oxazole rings is 1. The van der Waals surface area contributed by atoms with Gasteiger partial charge in [-0.25, -0.2) is 4.98 Å². The summed E-state index contributed by atoms with van der Waals surface area (Å²) in [6.07, 6.45) is 2.34. The standard InChI is InChI=1S/C22H22N2O3/c1-26-22(25)20-12-18(14-24(20)13-16-8-4-2-5-9-16)21-23-19(15-27-21)17-10-6-3-7-11-17/h2-11,15,18,20H,12-14H2,1H3/t18-,20+/m1/s1. The molecule has 5 heteroatoms. The normalized spacial score (nSPS) is 19.9. The summed E-state index contributed by atoms with van der Waals surface area (Å²) in [4.78, 5) is 19.1. The minimum absolute atomic E-state index is 0.0651. The summed E-state index contributed by atoms with van der Waals surface area (Å²) in [5, 5.41) is 0. The van der Waals surface area contributed by atoms with E-state index in [1.807, 2.05) is 48.5 Å². The lowest BCUT2D eigenvalue weighted by Gasteiger charge is -2.22. The van der Waals surface area contributed by atoms with Crippen molar-refractivity contribution in [3.63, 3.8) is 0 Å². The van der Waals surface area contributed by atoms with Gasteiger partial charge in [0, 0.05) is 18.7 Å². The molecule has 0 amide bonds. The second-order valence-corrected chi connectivity index (χ2v) is 6.82. The van der Waals surface area contributed by atoms with Crippen molar-refractivity contribution in [3.05, 3.63) is 78.4 Å². The SMILES string of the molecule is COC(=O)[C@@H]1C[C@@H](c2nc(-c3ccccc3)co2)CN1Cc1ccccc1. The van der Waals surface area contributed by atoms with Crippen molar-refractivity contribution < 1.29 is 13.9 Å². The highest BCUT2D eigenvalue weighted by Gasteiger charge is 2.40. The Morgan fingerprint density at radius 1 is 1.15 bits per heavy atom. The quantitative estimate of drug-likeness (QED) is 0.645. The second-order valence-electron chi connectivity index (χ2n) is 6.82. The Kier molecular flexibility index (Phi) is 5.03. The molecule has 0 bridgehead atoms. The molecule has 3 aromatic rings. The van der Waals surface area contributed by atoms with Gasteiger partial charge in [-0.3, -0.25) is 9.69 Å². The van der Waals surface area contributed by atoms with Crippen LogP contribution >= 0.6 is 0 Å². The largest absolute Gasteiger partial charge is 0.468 e. The zero-order chi connectivity index (χ0) is 18.6. The lowest BCUT2D eigenvalue weighted by atomic mass is 10.1. The number of ether oxygens (including phenoxy) is 1. The number of nitrogens with zero attached hydrogens (tertiary/aromatic N) is 2. The molecule has 5 nitrogen and oxygen atoms in total. The van der Waals surface area contributed by atoms with Crippen LogP contribution in [0.1, 0.15) is 23.8 Å². The number of esters is 1. The van der Waals surface area contributed by atoms with Gasteiger partial charge in [-0.2, -0.15) is 0 Å². The number of carbonyl (C=O) groups is 1. The highest BCUT2D eigenvalue weighted by Crippen LogP contribution is 2.34. The van der Waals surface area contributed by atoms with E-state index in [1.54, 1.807) is 6.26 Å². The van der Waals surface area contributed by atoms with Gasteiger partial charge in [0.05, 0.1) is 13.0 Å². The maximum atomic E-state index is 12.3. The van der Waals surface area contributed by atoms with Crippen LogP contribution in [0.4, 0.5) is 0 Å². The molecule has 27 heavy (non-hydrogen) atoms. The van der Waals surface area contributed by atoms with Crippen molar-refractivity contribution in [1.29, 1.82) is 0 Å². The lowest BCUT2D eigenvalue weighted by Crippen LogP contribution is -2.36. The van der Waals surface area contributed by atoms with Crippen LogP contribution in [0.15, 0.2) is 71.3 Å². The van der Waals surface area contributed by atoms with Crippen LogP contribution < -0.4 is 0 Å². The van der Waals surface area contributed by atoms with Crippen LogP contribution in [0.25, 0.3) is 11.3 Å². The summed E-state index contributed by atoms with van der Waals surface area (Å²) in [7, 11) is 1.44. The average molecular weight is 362 g/mol. The van der Waals surface area contributed by atoms with E-state index >= 15 is 0 Å². The van der Waals surface area contributed by atoms with Crippen LogP contribution in [-0.2, 0) is 16.1 Å². The molecule has 1 saturated heterocycles. The molecule has 0 unspecified atom stereocenters. The third kappa shape index (κ3) is 3.78. The van der Waals surface area contributed by atoms with Crippen LogP contribution in [0.5, 0.6) is 0 Å². The molecule has 0 aliphatic carbocycles. The van der Waals surface area contributed by atoms with Crippen molar-refractivity contribution in [3.8, 4) is 11.3 Å². The third-order valence-electron chi connectivity index (χ3n) is 5.05. The Bertz CT molecular complexity index is 892. The summed E-state index contributed by atoms with van der Waals surface area (Å²) in [5.41, 5.74) is 3.02. The molecule has 4 rings (SSSR count). The smallest absolute Gasteiger partial charge is 0.323 e. The van der Waals surface area contributed by atoms with E-state index in [-0.39, 0.29) is 17.9 Å². The molecule has 1 fully saturated rings. The van der Waals surface area contributed by atoms with Gasteiger partial charge in [-0.15, -0.1) is 0 Å². The molecule has 2 atom stereocenters. The fourth-order valence-electron chi connectivity index (χ4n) is 3.67. The number of likely N-dealkylation sites (tertiary alicyclic amines) is 1. The minimum Gasteiger partial charge on any atom is -0.468 e. The number of rotatable bonds is 5. The van der Waals surface area contributed by atoms with E-state index in [4.69, 9.17) is 9.15 Å². The van der Waals surface area contributed by atoms with Gasteiger partial charge in [0.15, 0.2) is 5.89 Å². The predicted octanol–water partition coefficient (Wildman–Crippen LogP) is 3.87. The van der Waals surface area contributed by atoms with Gasteiger partial charge in [-0.1, -0.05) is 60.7 Å². The highest BCUT2D eigenvalue weighted by atomic mass is 16.5. The second kappa shape index (κ2) is 7.76. The van der Waals surface area contributed by atoms with Crippen molar-refractivity contribution in [2.75, 3.05) is 13.7 Å². The monoisotopic (exact) mass is 362 g/mol. The van der Waals surface area contributed by atoms with Crippen molar-refractivity contribution in [1.82, 2.24) is 9.88 Å². The zero-order valence-corrected chi connectivity index (χ0v) is 15.2. The van der Waals surface area contributed by atoms with Gasteiger partial charge in [-0.05, 0) is 12.0 Å². The zero-order valence-electron chi connectivity index (χ0n) is 15.2. The number of hydrogen-bond acceptors (Lipinski definition) is 5.